The molecule has 6 heteroatoms. The summed E-state index contributed by atoms with van der Waals surface area (Å²) in [6, 6.07) is 0. The highest BCUT2D eigenvalue weighted by molar-refractivity contribution is 7.11. The van der Waals surface area contributed by atoms with Gasteiger partial charge in [-0.15, -0.1) is 11.3 Å². The number of H-pyrrole nitrogens is 1. The van der Waals surface area contributed by atoms with Crippen molar-refractivity contribution in [3.63, 3.8) is 0 Å². The van der Waals surface area contributed by atoms with E-state index in [0.29, 0.717) is 0 Å². The number of unbranched alkanes of at least 4 members (excludes halogenated alkanes) is 1. The van der Waals surface area contributed by atoms with E-state index >= 15 is 0 Å². The lowest BCUT2D eigenvalue weighted by Crippen LogP contribution is -2.01. The summed E-state index contributed by atoms with van der Waals surface area (Å²) < 4.78 is 2.15. The molecule has 0 spiro atoms. The molecule has 3 aromatic rings. The molecule has 0 aliphatic carbocycles. The average Bonchev–Trinajstić information content (AvgIpc) is 3.18. The number of aryl methyl sites for hydroxylation is 3. The minimum Gasteiger partial charge on any atom is -0.339 e. The Bertz CT molecular complexity index is 752. The van der Waals surface area contributed by atoms with Crippen LogP contribution in [0.3, 0.4) is 0 Å². The van der Waals surface area contributed by atoms with Crippen LogP contribution >= 0.6 is 11.3 Å². The van der Waals surface area contributed by atoms with Crippen LogP contribution in [0.5, 0.6) is 0 Å². The number of hydrogen-bond acceptors (Lipinski definition) is 4. The number of rotatable bonds is 6. The number of thiazole rings is 1. The molecular formula is C16H21N5S. The smallest absolute Gasteiger partial charge is 0.158 e. The van der Waals surface area contributed by atoms with Crippen molar-refractivity contribution in [2.75, 3.05) is 0 Å². The fourth-order valence-corrected chi connectivity index (χ4v) is 3.44. The summed E-state index contributed by atoms with van der Waals surface area (Å²) in [6.07, 6.45) is 9.05. The first-order valence-corrected chi connectivity index (χ1v) is 8.47. The van der Waals surface area contributed by atoms with E-state index in [0.717, 1.165) is 47.4 Å². The Hall–Kier alpha value is -1.95. The Labute approximate surface area is 134 Å². The van der Waals surface area contributed by atoms with Crippen molar-refractivity contribution in [3.8, 4) is 11.5 Å². The molecule has 0 aliphatic rings. The fourth-order valence-electron chi connectivity index (χ4n) is 2.50. The Balaban J connectivity index is 1.82. The quantitative estimate of drug-likeness (QED) is 0.754. The molecule has 0 saturated carbocycles. The van der Waals surface area contributed by atoms with Gasteiger partial charge in [-0.2, -0.15) is 0 Å². The molecule has 0 atom stereocenters. The molecular weight excluding hydrogens is 294 g/mol. The van der Waals surface area contributed by atoms with Gasteiger partial charge in [0, 0.05) is 23.7 Å². The summed E-state index contributed by atoms with van der Waals surface area (Å²) in [5, 5.41) is 1.11. The van der Waals surface area contributed by atoms with Gasteiger partial charge in [0.15, 0.2) is 5.82 Å². The molecule has 0 radical (unpaired) electrons. The van der Waals surface area contributed by atoms with Gasteiger partial charge in [0.25, 0.3) is 0 Å². The van der Waals surface area contributed by atoms with Gasteiger partial charge in [0.2, 0.25) is 0 Å². The third-order valence-electron chi connectivity index (χ3n) is 3.67. The van der Waals surface area contributed by atoms with Gasteiger partial charge in [-0.3, -0.25) is 0 Å². The maximum absolute atomic E-state index is 4.50. The summed E-state index contributed by atoms with van der Waals surface area (Å²) >= 11 is 1.75. The van der Waals surface area contributed by atoms with E-state index in [1.807, 2.05) is 25.5 Å². The molecule has 1 N–H and O–H groups in total. The van der Waals surface area contributed by atoms with Crippen molar-refractivity contribution in [2.45, 2.75) is 46.6 Å². The number of hydrogen-bond donors (Lipinski definition) is 1. The van der Waals surface area contributed by atoms with Crippen LogP contribution in [0.2, 0.25) is 0 Å². The molecule has 0 fully saturated rings. The summed E-state index contributed by atoms with van der Waals surface area (Å²) in [5.74, 6) is 1.97. The topological polar surface area (TPSA) is 59.4 Å². The summed E-state index contributed by atoms with van der Waals surface area (Å²) in [7, 11) is 0. The normalized spacial score (nSPS) is 11.2. The molecule has 0 saturated heterocycles. The first-order valence-electron chi connectivity index (χ1n) is 7.65. The highest BCUT2D eigenvalue weighted by atomic mass is 32.1. The van der Waals surface area contributed by atoms with Gasteiger partial charge in [-0.05, 0) is 20.3 Å². The molecule has 0 aromatic carbocycles. The predicted molar refractivity (Wildman–Crippen MR) is 89.1 cm³/mol. The summed E-state index contributed by atoms with van der Waals surface area (Å²) in [6.45, 7) is 7.10. The lowest BCUT2D eigenvalue weighted by atomic mass is 10.2. The number of nitrogens with one attached hydrogen (secondary N) is 1. The molecule has 0 bridgehead atoms. The van der Waals surface area contributed by atoms with Gasteiger partial charge in [0.05, 0.1) is 23.4 Å². The van der Waals surface area contributed by atoms with Crippen LogP contribution in [0.25, 0.3) is 11.5 Å². The molecule has 3 aromatic heterocycles. The van der Waals surface area contributed by atoms with Crippen molar-refractivity contribution in [2.24, 2.45) is 0 Å². The molecule has 22 heavy (non-hydrogen) atoms. The zero-order valence-corrected chi connectivity index (χ0v) is 14.1. The van der Waals surface area contributed by atoms with E-state index in [9.17, 15) is 0 Å². The van der Waals surface area contributed by atoms with Crippen molar-refractivity contribution < 1.29 is 0 Å². The molecule has 3 rings (SSSR count). The summed E-state index contributed by atoms with van der Waals surface area (Å²) in [5.41, 5.74) is 2.09. The van der Waals surface area contributed by atoms with Crippen molar-refractivity contribution in [1.29, 1.82) is 0 Å². The van der Waals surface area contributed by atoms with Gasteiger partial charge in [0.1, 0.15) is 11.5 Å². The third kappa shape index (κ3) is 3.11. The van der Waals surface area contributed by atoms with Crippen LogP contribution in [0.1, 0.15) is 41.2 Å². The van der Waals surface area contributed by atoms with E-state index in [-0.39, 0.29) is 0 Å². The maximum atomic E-state index is 4.50. The molecule has 0 unspecified atom stereocenters. The van der Waals surface area contributed by atoms with Crippen LogP contribution in [0, 0.1) is 13.8 Å². The lowest BCUT2D eigenvalue weighted by molar-refractivity contribution is 0.761. The second-order valence-electron chi connectivity index (χ2n) is 5.47. The standard InChI is InChI=1S/C16H21N5S/c1-4-5-6-15-18-9-13(20-15)16-17-7-8-21(16)10-14-11(2)19-12(3)22-14/h7-9H,4-6,10H2,1-3H3,(H,18,20). The van der Waals surface area contributed by atoms with Gasteiger partial charge < -0.3 is 9.55 Å². The van der Waals surface area contributed by atoms with Crippen LogP contribution < -0.4 is 0 Å². The largest absolute Gasteiger partial charge is 0.339 e. The van der Waals surface area contributed by atoms with Crippen molar-refractivity contribution >= 4 is 11.3 Å². The second kappa shape index (κ2) is 6.44. The molecule has 5 nitrogen and oxygen atoms in total. The van der Waals surface area contributed by atoms with Crippen molar-refractivity contribution in [3.05, 3.63) is 40.0 Å². The maximum Gasteiger partial charge on any atom is 0.158 e. The molecule has 0 aliphatic heterocycles. The van der Waals surface area contributed by atoms with Crippen LogP contribution in [0.15, 0.2) is 18.6 Å². The molecule has 116 valence electrons. The van der Waals surface area contributed by atoms with Crippen LogP contribution in [0.4, 0.5) is 0 Å². The average molecular weight is 315 g/mol. The molecule has 0 amide bonds. The lowest BCUT2D eigenvalue weighted by Gasteiger charge is -2.05. The number of nitrogens with zero attached hydrogens (tertiary/aromatic N) is 4. The van der Waals surface area contributed by atoms with E-state index in [4.69, 9.17) is 0 Å². The van der Waals surface area contributed by atoms with E-state index in [2.05, 4.69) is 38.4 Å². The Morgan fingerprint density at radius 2 is 2.14 bits per heavy atom. The zero-order chi connectivity index (χ0) is 15.5. The van der Waals surface area contributed by atoms with Gasteiger partial charge >= 0.3 is 0 Å². The monoisotopic (exact) mass is 315 g/mol. The van der Waals surface area contributed by atoms with Crippen LogP contribution in [-0.2, 0) is 13.0 Å². The van der Waals surface area contributed by atoms with E-state index in [1.54, 1.807) is 11.3 Å². The van der Waals surface area contributed by atoms with Gasteiger partial charge in [-0.1, -0.05) is 13.3 Å². The minimum atomic E-state index is 0.802. The van der Waals surface area contributed by atoms with E-state index < -0.39 is 0 Å². The number of aromatic nitrogens is 5. The third-order valence-corrected chi connectivity index (χ3v) is 4.72. The van der Waals surface area contributed by atoms with Crippen molar-refractivity contribution in [1.82, 2.24) is 24.5 Å². The number of aromatic amines is 1. The first kappa shape index (κ1) is 15.0. The van der Waals surface area contributed by atoms with E-state index in [1.165, 1.54) is 11.3 Å². The summed E-state index contributed by atoms with van der Waals surface area (Å²) in [4.78, 5) is 18.1. The molecule has 3 heterocycles. The predicted octanol–water partition coefficient (Wildman–Crippen LogP) is 3.74. The number of imidazole rings is 2. The second-order valence-corrected chi connectivity index (χ2v) is 6.76. The zero-order valence-electron chi connectivity index (χ0n) is 13.3. The fraction of sp³-hybridized carbons (Fsp3) is 0.438. The Morgan fingerprint density at radius 3 is 2.86 bits per heavy atom. The first-order chi connectivity index (χ1) is 10.7. The van der Waals surface area contributed by atoms with Gasteiger partial charge in [-0.25, -0.2) is 15.0 Å². The highest BCUT2D eigenvalue weighted by Gasteiger charge is 2.12. The SMILES string of the molecule is CCCCc1ncc(-c2nccn2Cc2sc(C)nc2C)[nH]1. The Morgan fingerprint density at radius 1 is 1.27 bits per heavy atom. The highest BCUT2D eigenvalue weighted by Crippen LogP contribution is 2.22. The minimum absolute atomic E-state index is 0.802. The van der Waals surface area contributed by atoms with Crippen LogP contribution in [-0.4, -0.2) is 24.5 Å². The Kier molecular flexibility index (Phi) is 4.38.